The summed E-state index contributed by atoms with van der Waals surface area (Å²) in [6.07, 6.45) is 0. The number of anilines is 3. The molecular formula is C39H37N5O7S2. The maximum Gasteiger partial charge on any atom is 0.335 e. The lowest BCUT2D eigenvalue weighted by Crippen LogP contribution is -2.46. The van der Waals surface area contributed by atoms with E-state index >= 15 is 0 Å². The van der Waals surface area contributed by atoms with Gasteiger partial charge in [0.1, 0.15) is 5.69 Å². The molecule has 0 aliphatic carbocycles. The van der Waals surface area contributed by atoms with Gasteiger partial charge in [-0.25, -0.2) is 13.3 Å². The summed E-state index contributed by atoms with van der Waals surface area (Å²) in [6, 6.07) is 35.4. The maximum atomic E-state index is 13.5. The fourth-order valence-electron chi connectivity index (χ4n) is 6.19. The Morgan fingerprint density at radius 3 is 2.26 bits per heavy atom. The molecular weight excluding hydrogens is 715 g/mol. The molecule has 272 valence electrons. The lowest BCUT2D eigenvalue weighted by Gasteiger charge is -2.36. The average molecular weight is 752 g/mol. The number of carboxylic acids is 1. The highest BCUT2D eigenvalue weighted by molar-refractivity contribution is 7.99. The number of aromatic carboxylic acids is 1. The molecule has 0 aromatic heterocycles. The monoisotopic (exact) mass is 751 g/mol. The number of rotatable bonds is 14. The lowest BCUT2D eigenvalue weighted by atomic mass is 9.97. The molecule has 5 aromatic carbocycles. The summed E-state index contributed by atoms with van der Waals surface area (Å²) in [5.74, 6) is -1.08. The first-order valence-electron chi connectivity index (χ1n) is 16.8. The van der Waals surface area contributed by atoms with Gasteiger partial charge in [-0.15, -0.1) is 11.8 Å². The van der Waals surface area contributed by atoms with Gasteiger partial charge in [-0.1, -0.05) is 54.6 Å². The van der Waals surface area contributed by atoms with Crippen LogP contribution >= 0.6 is 11.8 Å². The van der Waals surface area contributed by atoms with E-state index in [4.69, 9.17) is 0 Å². The third-order valence-corrected chi connectivity index (χ3v) is 10.6. The van der Waals surface area contributed by atoms with Gasteiger partial charge in [-0.05, 0) is 77.4 Å². The van der Waals surface area contributed by atoms with Crippen LogP contribution in [-0.4, -0.2) is 74.0 Å². The van der Waals surface area contributed by atoms with Crippen LogP contribution in [0.5, 0.6) is 0 Å². The maximum absolute atomic E-state index is 13.5. The molecule has 1 atom stereocenters. The number of carbonyl (C=O) groups excluding carboxylic acids is 1. The van der Waals surface area contributed by atoms with E-state index < -0.39 is 28.1 Å². The van der Waals surface area contributed by atoms with E-state index in [1.807, 2.05) is 54.6 Å². The molecule has 5 aromatic rings. The SMILES string of the molecule is O=C(O)c1cccc(-c2ccccc2CN2CCN(c3ccc(C(=O)N(c4ccc(NCCSc5ccccc5)c([N+](=O)[O-])c4)S(=O)O)cc3)CC2)c1. The number of hydrogen-bond acceptors (Lipinski definition) is 9. The van der Waals surface area contributed by atoms with Gasteiger partial charge in [0, 0.05) is 67.2 Å². The van der Waals surface area contributed by atoms with Gasteiger partial charge in [-0.2, -0.15) is 0 Å². The van der Waals surface area contributed by atoms with E-state index in [2.05, 4.69) is 21.2 Å². The summed E-state index contributed by atoms with van der Waals surface area (Å²) in [6.45, 7) is 4.14. The number of nitrogens with one attached hydrogen (secondary N) is 1. The summed E-state index contributed by atoms with van der Waals surface area (Å²) in [7, 11) is 0. The van der Waals surface area contributed by atoms with Crippen LogP contribution in [0.1, 0.15) is 26.3 Å². The Hall–Kier alpha value is -5.54. The molecule has 0 spiro atoms. The van der Waals surface area contributed by atoms with Gasteiger partial charge in [0.2, 0.25) is 0 Å². The fraction of sp³-hybridized carbons (Fsp3) is 0.179. The Bertz CT molecular complexity index is 2110. The van der Waals surface area contributed by atoms with Crippen molar-refractivity contribution in [3.63, 3.8) is 0 Å². The molecule has 3 N–H and O–H groups in total. The Morgan fingerprint density at radius 2 is 1.57 bits per heavy atom. The molecule has 1 heterocycles. The van der Waals surface area contributed by atoms with Gasteiger partial charge in [0.05, 0.1) is 16.2 Å². The van der Waals surface area contributed by atoms with Crippen molar-refractivity contribution >= 4 is 57.7 Å². The first-order chi connectivity index (χ1) is 25.7. The molecule has 0 bridgehead atoms. The Labute approximate surface area is 313 Å². The fourth-order valence-corrected chi connectivity index (χ4v) is 7.52. The van der Waals surface area contributed by atoms with Crippen molar-refractivity contribution in [2.75, 3.05) is 53.0 Å². The second-order valence-electron chi connectivity index (χ2n) is 12.2. The number of benzene rings is 5. The van der Waals surface area contributed by atoms with Crippen molar-refractivity contribution in [3.05, 3.63) is 148 Å². The second-order valence-corrected chi connectivity index (χ2v) is 14.2. The van der Waals surface area contributed by atoms with Gasteiger partial charge in [0.15, 0.2) is 0 Å². The van der Waals surface area contributed by atoms with Crippen molar-refractivity contribution in [1.29, 1.82) is 0 Å². The Kier molecular flexibility index (Phi) is 12.2. The summed E-state index contributed by atoms with van der Waals surface area (Å²) in [5, 5.41) is 24.5. The molecule has 1 unspecified atom stereocenters. The zero-order valence-corrected chi connectivity index (χ0v) is 30.2. The predicted molar refractivity (Wildman–Crippen MR) is 209 cm³/mol. The molecule has 0 radical (unpaired) electrons. The summed E-state index contributed by atoms with van der Waals surface area (Å²) in [5.41, 5.74) is 4.08. The number of thioether (sulfide) groups is 1. The highest BCUT2D eigenvalue weighted by Crippen LogP contribution is 2.32. The number of carboxylic acid groups (broad SMARTS) is 1. The van der Waals surface area contributed by atoms with E-state index in [9.17, 15) is 33.6 Å². The molecule has 12 nitrogen and oxygen atoms in total. The van der Waals surface area contributed by atoms with Crippen LogP contribution in [0.15, 0.2) is 126 Å². The average Bonchev–Trinajstić information content (AvgIpc) is 3.17. The number of nitro benzene ring substituents is 1. The zero-order chi connectivity index (χ0) is 37.3. The van der Waals surface area contributed by atoms with Crippen LogP contribution in [0, 0.1) is 10.1 Å². The van der Waals surface area contributed by atoms with E-state index in [0.717, 1.165) is 59.5 Å². The third kappa shape index (κ3) is 9.28. The topological polar surface area (TPSA) is 157 Å². The third-order valence-electron chi connectivity index (χ3n) is 8.87. The summed E-state index contributed by atoms with van der Waals surface area (Å²) in [4.78, 5) is 42.0. The van der Waals surface area contributed by atoms with Crippen molar-refractivity contribution in [3.8, 4) is 11.1 Å². The van der Waals surface area contributed by atoms with Crippen LogP contribution in [0.2, 0.25) is 0 Å². The predicted octanol–water partition coefficient (Wildman–Crippen LogP) is 7.27. The number of amides is 1. The number of nitrogens with zero attached hydrogens (tertiary/aromatic N) is 4. The second kappa shape index (κ2) is 17.3. The molecule has 14 heteroatoms. The highest BCUT2D eigenvalue weighted by atomic mass is 32.2. The lowest BCUT2D eigenvalue weighted by molar-refractivity contribution is -0.383. The van der Waals surface area contributed by atoms with Crippen molar-refractivity contribution < 1.29 is 28.4 Å². The van der Waals surface area contributed by atoms with Gasteiger partial charge in [0.25, 0.3) is 22.9 Å². The molecule has 0 saturated carbocycles. The quantitative estimate of drug-likeness (QED) is 0.0345. The normalized spacial score (nSPS) is 13.6. The molecule has 6 rings (SSSR count). The van der Waals surface area contributed by atoms with Gasteiger partial charge in [-0.3, -0.25) is 24.4 Å². The van der Waals surface area contributed by atoms with Crippen LogP contribution in [-0.2, 0) is 17.8 Å². The minimum absolute atomic E-state index is 0.0805. The van der Waals surface area contributed by atoms with Crippen molar-refractivity contribution in [1.82, 2.24) is 4.90 Å². The first kappa shape index (κ1) is 37.2. The zero-order valence-electron chi connectivity index (χ0n) is 28.5. The highest BCUT2D eigenvalue weighted by Gasteiger charge is 2.27. The number of carbonyl (C=O) groups is 2. The van der Waals surface area contributed by atoms with Gasteiger partial charge < -0.3 is 15.3 Å². The van der Waals surface area contributed by atoms with E-state index in [1.54, 1.807) is 54.2 Å². The molecule has 1 amide bonds. The van der Waals surface area contributed by atoms with Gasteiger partial charge >= 0.3 is 5.97 Å². The van der Waals surface area contributed by atoms with Crippen LogP contribution in [0.4, 0.5) is 22.7 Å². The smallest absolute Gasteiger partial charge is 0.335 e. The van der Waals surface area contributed by atoms with E-state index in [-0.39, 0.29) is 28.2 Å². The summed E-state index contributed by atoms with van der Waals surface area (Å²) < 4.78 is 23.2. The summed E-state index contributed by atoms with van der Waals surface area (Å²) >= 11 is -1.19. The Morgan fingerprint density at radius 1 is 0.849 bits per heavy atom. The van der Waals surface area contributed by atoms with Crippen molar-refractivity contribution in [2.24, 2.45) is 0 Å². The minimum Gasteiger partial charge on any atom is -0.478 e. The first-order valence-corrected chi connectivity index (χ1v) is 18.9. The number of nitro groups is 1. The van der Waals surface area contributed by atoms with Crippen LogP contribution in [0.25, 0.3) is 11.1 Å². The van der Waals surface area contributed by atoms with Crippen LogP contribution in [0.3, 0.4) is 0 Å². The van der Waals surface area contributed by atoms with E-state index in [1.165, 1.54) is 12.1 Å². The molecule has 53 heavy (non-hydrogen) atoms. The standard InChI is InChI=1S/C39H37N5O7S2/c45-38(43(53(50)51)33-17-18-36(37(26-33)44(48)49)40-19-24-52-34-10-2-1-3-11-34)28-13-15-32(16-14-28)42-22-20-41(21-23-42)27-31-7-4-5-12-35(31)29-8-6-9-30(25-29)39(46)47/h1-18,25-26,40H,19-24,27H2,(H,46,47)(H,50,51). The molecule has 1 saturated heterocycles. The largest absolute Gasteiger partial charge is 0.478 e. The number of hydrogen-bond donors (Lipinski definition) is 3. The molecule has 1 aliphatic heterocycles. The minimum atomic E-state index is -2.79. The van der Waals surface area contributed by atoms with E-state index in [0.29, 0.717) is 23.1 Å². The molecule has 1 fully saturated rings. The van der Waals surface area contributed by atoms with Crippen LogP contribution < -0.4 is 14.5 Å². The molecule has 1 aliphatic rings. The number of piperazine rings is 1. The van der Waals surface area contributed by atoms with Crippen molar-refractivity contribution in [2.45, 2.75) is 11.4 Å². The Balaban J connectivity index is 1.08.